The molecule has 188 valence electrons. The van der Waals surface area contributed by atoms with Gasteiger partial charge < -0.3 is 9.84 Å². The molecule has 6 nitrogen and oxygen atoms in total. The normalized spacial score (nSPS) is 14.9. The van der Waals surface area contributed by atoms with E-state index in [9.17, 15) is 39.9 Å². The van der Waals surface area contributed by atoms with Gasteiger partial charge in [-0.15, -0.1) is 0 Å². The number of amides is 1. The van der Waals surface area contributed by atoms with Crippen molar-refractivity contribution in [2.75, 3.05) is 0 Å². The van der Waals surface area contributed by atoms with Crippen molar-refractivity contribution in [1.29, 1.82) is 0 Å². The first-order valence-electron chi connectivity index (χ1n) is 9.78. The number of nitrogens with zero attached hydrogens (tertiary/aromatic N) is 3. The lowest BCUT2D eigenvalue weighted by Gasteiger charge is -2.19. The summed E-state index contributed by atoms with van der Waals surface area (Å²) in [4.78, 5) is 12.4. The van der Waals surface area contributed by atoms with Crippen LogP contribution in [0.5, 0.6) is 0 Å². The average Bonchev–Trinajstić information content (AvgIpc) is 3.27. The predicted octanol–water partition coefficient (Wildman–Crippen LogP) is 5.96. The molecule has 1 aliphatic carbocycles. The maximum absolute atomic E-state index is 13.9. The number of halogens is 9. The number of alkyl halides is 8. The van der Waals surface area contributed by atoms with E-state index in [4.69, 9.17) is 16.1 Å². The summed E-state index contributed by atoms with van der Waals surface area (Å²) in [5.74, 6) is -7.16. The number of carbonyl (C=O) groups excluding carboxylic acids is 1. The van der Waals surface area contributed by atoms with Crippen molar-refractivity contribution < 1.29 is 44.4 Å². The van der Waals surface area contributed by atoms with Crippen molar-refractivity contribution >= 4 is 17.5 Å². The van der Waals surface area contributed by atoms with Gasteiger partial charge in [0.15, 0.2) is 11.5 Å². The standard InChI is InChI=1S/C20H13ClF8N4O2/c1-33-15(14(19(24,25)26)16(31-33)18(22,23)20(27,28)29)13-7-12(32-35-13)8-2-5-11(21)10(6-8)17(34)30-9-3-4-9/h2,5-7,9H,3-4H2,1H3,(H,30,34). The first kappa shape index (κ1) is 24.9. The van der Waals surface area contributed by atoms with Crippen molar-refractivity contribution in [2.45, 2.75) is 37.2 Å². The molecule has 0 radical (unpaired) electrons. The van der Waals surface area contributed by atoms with Gasteiger partial charge in [0, 0.05) is 24.7 Å². The quantitative estimate of drug-likeness (QED) is 0.415. The van der Waals surface area contributed by atoms with E-state index >= 15 is 0 Å². The van der Waals surface area contributed by atoms with Crippen LogP contribution in [0.1, 0.15) is 34.5 Å². The van der Waals surface area contributed by atoms with E-state index < -0.39 is 46.9 Å². The Balaban J connectivity index is 1.79. The minimum atomic E-state index is -6.33. The first-order valence-corrected chi connectivity index (χ1v) is 10.2. The van der Waals surface area contributed by atoms with Gasteiger partial charge in [-0.25, -0.2) is 0 Å². The van der Waals surface area contributed by atoms with E-state index in [-0.39, 0.29) is 32.6 Å². The van der Waals surface area contributed by atoms with E-state index in [2.05, 4.69) is 15.6 Å². The molecule has 0 atom stereocenters. The van der Waals surface area contributed by atoms with Crippen LogP contribution < -0.4 is 5.32 Å². The Morgan fingerprint density at radius 1 is 1.11 bits per heavy atom. The van der Waals surface area contributed by atoms with Crippen LogP contribution in [0.2, 0.25) is 5.02 Å². The molecule has 0 unspecified atom stereocenters. The highest BCUT2D eigenvalue weighted by atomic mass is 35.5. The molecule has 35 heavy (non-hydrogen) atoms. The van der Waals surface area contributed by atoms with E-state index in [1.165, 1.54) is 18.2 Å². The lowest BCUT2D eigenvalue weighted by atomic mass is 10.0. The summed E-state index contributed by atoms with van der Waals surface area (Å²) in [7, 11) is 0.755. The highest BCUT2D eigenvalue weighted by Gasteiger charge is 2.64. The minimum Gasteiger partial charge on any atom is -0.354 e. The second-order valence-corrected chi connectivity index (χ2v) is 8.19. The third-order valence-corrected chi connectivity index (χ3v) is 5.48. The molecule has 1 aliphatic rings. The van der Waals surface area contributed by atoms with E-state index in [1.54, 1.807) is 0 Å². The third kappa shape index (κ3) is 4.58. The van der Waals surface area contributed by atoms with Crippen molar-refractivity contribution in [3.8, 4) is 22.7 Å². The molecular weight excluding hydrogens is 516 g/mol. The van der Waals surface area contributed by atoms with Crippen molar-refractivity contribution in [2.24, 2.45) is 7.05 Å². The molecule has 1 aromatic carbocycles. The zero-order valence-electron chi connectivity index (χ0n) is 17.4. The Labute approximate surface area is 195 Å². The molecule has 0 aliphatic heterocycles. The van der Waals surface area contributed by atoms with E-state index in [0.717, 1.165) is 26.0 Å². The fourth-order valence-corrected chi connectivity index (χ4v) is 3.50. The fraction of sp³-hybridized carbons (Fsp3) is 0.350. The Morgan fingerprint density at radius 2 is 1.77 bits per heavy atom. The number of aromatic nitrogens is 3. The second kappa shape index (κ2) is 8.21. The maximum Gasteiger partial charge on any atom is 0.459 e. The summed E-state index contributed by atoms with van der Waals surface area (Å²) < 4.78 is 112. The van der Waals surface area contributed by atoms with Gasteiger partial charge in [-0.3, -0.25) is 9.48 Å². The Kier molecular flexibility index (Phi) is 5.85. The molecule has 4 rings (SSSR count). The number of nitrogens with one attached hydrogen (secondary N) is 1. The number of hydrogen-bond donors (Lipinski definition) is 1. The molecule has 3 aromatic rings. The summed E-state index contributed by atoms with van der Waals surface area (Å²) in [6, 6.07) is 4.90. The molecular formula is C20H13ClF8N4O2. The first-order chi connectivity index (χ1) is 16.1. The summed E-state index contributed by atoms with van der Waals surface area (Å²) in [6.45, 7) is 0. The topological polar surface area (TPSA) is 73.0 Å². The Hall–Kier alpha value is -3.16. The SMILES string of the molecule is Cn1nc(C(F)(F)C(F)(F)F)c(C(F)(F)F)c1-c1cc(-c2ccc(Cl)c(C(=O)NC3CC3)c2)no1. The molecule has 15 heteroatoms. The number of benzene rings is 1. The second-order valence-electron chi connectivity index (χ2n) is 7.78. The molecule has 0 spiro atoms. The van der Waals surface area contributed by atoms with Crippen LogP contribution in [0.25, 0.3) is 22.7 Å². The zero-order valence-corrected chi connectivity index (χ0v) is 18.1. The van der Waals surface area contributed by atoms with Crippen LogP contribution >= 0.6 is 11.6 Å². The summed E-state index contributed by atoms with van der Waals surface area (Å²) in [5, 5.41) is 9.21. The number of carbonyl (C=O) groups is 1. The van der Waals surface area contributed by atoms with E-state index in [0.29, 0.717) is 0 Å². The van der Waals surface area contributed by atoms with Gasteiger partial charge in [0.25, 0.3) is 5.91 Å². The van der Waals surface area contributed by atoms with Gasteiger partial charge in [-0.1, -0.05) is 22.8 Å². The molecule has 0 saturated heterocycles. The van der Waals surface area contributed by atoms with Gasteiger partial charge in [0.1, 0.15) is 17.0 Å². The molecule has 2 heterocycles. The fourth-order valence-electron chi connectivity index (χ4n) is 3.30. The number of aryl methyl sites for hydroxylation is 1. The minimum absolute atomic E-state index is 0.00975. The van der Waals surface area contributed by atoms with E-state index in [1.807, 2.05) is 0 Å². The smallest absolute Gasteiger partial charge is 0.354 e. The lowest BCUT2D eigenvalue weighted by molar-refractivity contribution is -0.292. The summed E-state index contributed by atoms with van der Waals surface area (Å²) in [6.07, 6.45) is -10.4. The van der Waals surface area contributed by atoms with Gasteiger partial charge in [-0.05, 0) is 25.0 Å². The van der Waals surface area contributed by atoms with Crippen molar-refractivity contribution in [1.82, 2.24) is 20.3 Å². The van der Waals surface area contributed by atoms with Crippen LogP contribution in [0.3, 0.4) is 0 Å². The highest BCUT2D eigenvalue weighted by Crippen LogP contribution is 2.50. The Bertz CT molecular complexity index is 1290. The van der Waals surface area contributed by atoms with Crippen LogP contribution in [0.15, 0.2) is 28.8 Å². The molecule has 1 saturated carbocycles. The maximum atomic E-state index is 13.9. The highest BCUT2D eigenvalue weighted by molar-refractivity contribution is 6.34. The van der Waals surface area contributed by atoms with Crippen molar-refractivity contribution in [3.63, 3.8) is 0 Å². The van der Waals surface area contributed by atoms with Gasteiger partial charge in [-0.2, -0.15) is 40.2 Å². The predicted molar refractivity (Wildman–Crippen MR) is 105 cm³/mol. The van der Waals surface area contributed by atoms with Crippen LogP contribution in [0, 0.1) is 0 Å². The zero-order chi connectivity index (χ0) is 25.9. The summed E-state index contributed by atoms with van der Waals surface area (Å²) >= 11 is 6.05. The van der Waals surface area contributed by atoms with Crippen LogP contribution in [-0.2, 0) is 19.1 Å². The molecule has 1 amide bonds. The monoisotopic (exact) mass is 528 g/mol. The van der Waals surface area contributed by atoms with Gasteiger partial charge >= 0.3 is 18.3 Å². The third-order valence-electron chi connectivity index (χ3n) is 5.15. The van der Waals surface area contributed by atoms with Crippen LogP contribution in [0.4, 0.5) is 35.1 Å². The molecule has 1 fully saturated rings. The Morgan fingerprint density at radius 3 is 2.34 bits per heavy atom. The lowest BCUT2D eigenvalue weighted by Crippen LogP contribution is -2.36. The molecule has 2 aromatic heterocycles. The largest absolute Gasteiger partial charge is 0.459 e. The van der Waals surface area contributed by atoms with Gasteiger partial charge in [0.05, 0.1) is 10.6 Å². The molecule has 1 N–H and O–H groups in total. The average molecular weight is 529 g/mol. The number of rotatable bonds is 5. The molecule has 0 bridgehead atoms. The summed E-state index contributed by atoms with van der Waals surface area (Å²) in [5.41, 5.74) is -5.93. The van der Waals surface area contributed by atoms with Crippen LogP contribution in [-0.4, -0.2) is 33.1 Å². The number of hydrogen-bond acceptors (Lipinski definition) is 4. The van der Waals surface area contributed by atoms with Crippen molar-refractivity contribution in [3.05, 3.63) is 46.1 Å². The van der Waals surface area contributed by atoms with Gasteiger partial charge in [0.2, 0.25) is 0 Å².